The van der Waals surface area contributed by atoms with E-state index in [1.807, 2.05) is 24.3 Å². The van der Waals surface area contributed by atoms with E-state index in [0.29, 0.717) is 5.69 Å². The fourth-order valence-corrected chi connectivity index (χ4v) is 3.38. The molecule has 5 heteroatoms. The second kappa shape index (κ2) is 7.80. The van der Waals surface area contributed by atoms with Crippen molar-refractivity contribution in [1.82, 2.24) is 4.90 Å². The van der Waals surface area contributed by atoms with Gasteiger partial charge in [-0.05, 0) is 63.0 Å². The van der Waals surface area contributed by atoms with Gasteiger partial charge in [0, 0.05) is 5.69 Å². The van der Waals surface area contributed by atoms with E-state index in [2.05, 4.69) is 9.62 Å². The number of anilines is 1. The fourth-order valence-electron chi connectivity index (χ4n) is 2.82. The Labute approximate surface area is 128 Å². The molecule has 2 rings (SSSR count). The van der Waals surface area contributed by atoms with Crippen LogP contribution in [0, 0.1) is 0 Å². The molecule has 0 amide bonds. The number of hydrogen-bond donors (Lipinski definition) is 1. The molecule has 4 nitrogen and oxygen atoms in total. The Kier molecular flexibility index (Phi) is 6.06. The number of hydrogen-bond acceptors (Lipinski definition) is 3. The number of nitrogens with one attached hydrogen (secondary N) is 1. The van der Waals surface area contributed by atoms with Crippen LogP contribution in [0.2, 0.25) is 0 Å². The molecule has 1 fully saturated rings. The molecule has 1 N–H and O–H groups in total. The van der Waals surface area contributed by atoms with Crippen LogP contribution in [0.5, 0.6) is 0 Å². The molecule has 1 saturated heterocycles. The molecule has 0 atom stereocenters. The summed E-state index contributed by atoms with van der Waals surface area (Å²) >= 11 is 0. The summed E-state index contributed by atoms with van der Waals surface area (Å²) < 4.78 is 24.8. The van der Waals surface area contributed by atoms with E-state index in [-0.39, 0.29) is 0 Å². The Bertz CT molecular complexity index is 518. The summed E-state index contributed by atoms with van der Waals surface area (Å²) in [7, 11) is -3.18. The highest BCUT2D eigenvalue weighted by molar-refractivity contribution is 7.92. The van der Waals surface area contributed by atoms with Crippen LogP contribution in [-0.4, -0.2) is 39.2 Å². The summed E-state index contributed by atoms with van der Waals surface area (Å²) in [5, 5.41) is 0. The molecule has 0 saturated carbocycles. The molecule has 1 aliphatic heterocycles. The van der Waals surface area contributed by atoms with E-state index >= 15 is 0 Å². The monoisotopic (exact) mass is 310 g/mol. The second-order valence-corrected chi connectivity index (χ2v) is 7.68. The van der Waals surface area contributed by atoms with Gasteiger partial charge in [0.05, 0.1) is 6.26 Å². The maximum atomic E-state index is 11.1. The van der Waals surface area contributed by atoms with Gasteiger partial charge < -0.3 is 4.90 Å². The lowest BCUT2D eigenvalue weighted by Gasteiger charge is -2.19. The van der Waals surface area contributed by atoms with E-state index in [0.717, 1.165) is 6.42 Å². The third-order valence-corrected chi connectivity index (χ3v) is 4.50. The first kappa shape index (κ1) is 16.3. The standard InChI is InChI=1S/C16H26N2O2S/c1-21(19,20)17-16-10-8-15(9-11-16)7-6-14-18-12-4-2-3-5-13-18/h8-11,17H,2-7,12-14H2,1H3. The minimum Gasteiger partial charge on any atom is -0.303 e. The third kappa shape index (κ3) is 6.48. The van der Waals surface area contributed by atoms with Gasteiger partial charge in [-0.15, -0.1) is 0 Å². The SMILES string of the molecule is CS(=O)(=O)Nc1ccc(CCCN2CCCCCC2)cc1. The Hall–Kier alpha value is -1.07. The van der Waals surface area contributed by atoms with Gasteiger partial charge in [0.1, 0.15) is 0 Å². The van der Waals surface area contributed by atoms with E-state index in [1.165, 1.54) is 63.6 Å². The van der Waals surface area contributed by atoms with Gasteiger partial charge in [0.2, 0.25) is 10.0 Å². The summed E-state index contributed by atoms with van der Waals surface area (Å²) in [5.74, 6) is 0. The van der Waals surface area contributed by atoms with Crippen LogP contribution in [0.4, 0.5) is 5.69 Å². The molecular formula is C16H26N2O2S. The van der Waals surface area contributed by atoms with Gasteiger partial charge in [0.15, 0.2) is 0 Å². The molecular weight excluding hydrogens is 284 g/mol. The van der Waals surface area contributed by atoms with Crippen LogP contribution in [0.1, 0.15) is 37.7 Å². The van der Waals surface area contributed by atoms with Crippen molar-refractivity contribution < 1.29 is 8.42 Å². The lowest BCUT2D eigenvalue weighted by Crippen LogP contribution is -2.26. The highest BCUT2D eigenvalue weighted by atomic mass is 32.2. The highest BCUT2D eigenvalue weighted by Crippen LogP contribution is 2.14. The molecule has 1 heterocycles. The van der Waals surface area contributed by atoms with Gasteiger partial charge in [-0.1, -0.05) is 25.0 Å². The molecule has 0 aliphatic carbocycles. The van der Waals surface area contributed by atoms with Crippen LogP contribution in [0.25, 0.3) is 0 Å². The molecule has 1 aromatic rings. The highest BCUT2D eigenvalue weighted by Gasteiger charge is 2.08. The van der Waals surface area contributed by atoms with Crippen molar-refractivity contribution in [3.05, 3.63) is 29.8 Å². The van der Waals surface area contributed by atoms with Gasteiger partial charge in [-0.2, -0.15) is 0 Å². The van der Waals surface area contributed by atoms with Crippen LogP contribution >= 0.6 is 0 Å². The van der Waals surface area contributed by atoms with E-state index < -0.39 is 10.0 Å². The molecule has 21 heavy (non-hydrogen) atoms. The number of benzene rings is 1. The Morgan fingerprint density at radius 3 is 2.24 bits per heavy atom. The van der Waals surface area contributed by atoms with Crippen molar-refractivity contribution in [3.8, 4) is 0 Å². The zero-order valence-corrected chi connectivity index (χ0v) is 13.7. The predicted octanol–water partition coefficient (Wildman–Crippen LogP) is 2.87. The zero-order valence-electron chi connectivity index (χ0n) is 12.8. The van der Waals surface area contributed by atoms with Gasteiger partial charge >= 0.3 is 0 Å². The summed E-state index contributed by atoms with van der Waals surface area (Å²) in [4.78, 5) is 2.58. The fraction of sp³-hybridized carbons (Fsp3) is 0.625. The molecule has 1 aliphatic rings. The quantitative estimate of drug-likeness (QED) is 0.879. The minimum absolute atomic E-state index is 0.633. The Balaban J connectivity index is 1.75. The molecule has 0 radical (unpaired) electrons. The second-order valence-electron chi connectivity index (χ2n) is 5.93. The summed E-state index contributed by atoms with van der Waals surface area (Å²) in [5.41, 5.74) is 1.90. The summed E-state index contributed by atoms with van der Waals surface area (Å²) in [6, 6.07) is 7.69. The minimum atomic E-state index is -3.18. The van der Waals surface area contributed by atoms with Crippen molar-refractivity contribution in [3.63, 3.8) is 0 Å². The maximum Gasteiger partial charge on any atom is 0.229 e. The molecule has 0 unspecified atom stereocenters. The summed E-state index contributed by atoms with van der Waals surface area (Å²) in [6.07, 6.45) is 8.82. The van der Waals surface area contributed by atoms with Crippen molar-refractivity contribution in [2.45, 2.75) is 38.5 Å². The van der Waals surface area contributed by atoms with Crippen LogP contribution in [0.15, 0.2) is 24.3 Å². The van der Waals surface area contributed by atoms with Gasteiger partial charge in [-0.3, -0.25) is 4.72 Å². The Morgan fingerprint density at radius 1 is 1.05 bits per heavy atom. The zero-order chi connectivity index (χ0) is 15.1. The van der Waals surface area contributed by atoms with E-state index in [1.54, 1.807) is 0 Å². The van der Waals surface area contributed by atoms with Crippen LogP contribution in [-0.2, 0) is 16.4 Å². The largest absolute Gasteiger partial charge is 0.303 e. The van der Waals surface area contributed by atoms with Crippen LogP contribution in [0.3, 0.4) is 0 Å². The first-order valence-corrected chi connectivity index (χ1v) is 9.71. The van der Waals surface area contributed by atoms with Gasteiger partial charge in [0.25, 0.3) is 0 Å². The van der Waals surface area contributed by atoms with Crippen LogP contribution < -0.4 is 4.72 Å². The lowest BCUT2D eigenvalue weighted by molar-refractivity contribution is 0.281. The predicted molar refractivity (Wildman–Crippen MR) is 88.1 cm³/mol. The molecule has 1 aromatic carbocycles. The third-order valence-electron chi connectivity index (χ3n) is 3.90. The number of aryl methyl sites for hydroxylation is 1. The normalized spacial score (nSPS) is 17.4. The van der Waals surface area contributed by atoms with Crippen molar-refractivity contribution >= 4 is 15.7 Å². The number of nitrogens with zero attached hydrogens (tertiary/aromatic N) is 1. The van der Waals surface area contributed by atoms with Crippen molar-refractivity contribution in [2.75, 3.05) is 30.6 Å². The first-order valence-electron chi connectivity index (χ1n) is 7.82. The van der Waals surface area contributed by atoms with Crippen molar-refractivity contribution in [1.29, 1.82) is 0 Å². The average Bonchev–Trinajstić information content (AvgIpc) is 2.68. The summed E-state index contributed by atoms with van der Waals surface area (Å²) in [6.45, 7) is 3.66. The number of sulfonamides is 1. The molecule has 0 bridgehead atoms. The van der Waals surface area contributed by atoms with E-state index in [9.17, 15) is 8.42 Å². The first-order chi connectivity index (χ1) is 10.0. The number of rotatable bonds is 6. The van der Waals surface area contributed by atoms with E-state index in [4.69, 9.17) is 0 Å². The van der Waals surface area contributed by atoms with Crippen molar-refractivity contribution in [2.24, 2.45) is 0 Å². The number of likely N-dealkylation sites (tertiary alicyclic amines) is 1. The molecule has 118 valence electrons. The van der Waals surface area contributed by atoms with Gasteiger partial charge in [-0.25, -0.2) is 8.42 Å². The molecule has 0 spiro atoms. The lowest BCUT2D eigenvalue weighted by atomic mass is 10.1. The average molecular weight is 310 g/mol. The smallest absolute Gasteiger partial charge is 0.229 e. The maximum absolute atomic E-state index is 11.1. The Morgan fingerprint density at radius 2 is 1.67 bits per heavy atom. The topological polar surface area (TPSA) is 49.4 Å². The molecule has 0 aromatic heterocycles.